The van der Waals surface area contributed by atoms with Crippen molar-refractivity contribution in [1.82, 2.24) is 19.9 Å². The van der Waals surface area contributed by atoms with E-state index in [9.17, 15) is 0 Å². The van der Waals surface area contributed by atoms with Crippen LogP contribution in [0.15, 0.2) is 53.1 Å². The second kappa shape index (κ2) is 9.07. The molecule has 0 radical (unpaired) electrons. The zero-order valence-corrected chi connectivity index (χ0v) is 16.9. The van der Waals surface area contributed by atoms with Gasteiger partial charge in [0.1, 0.15) is 0 Å². The molecule has 1 saturated heterocycles. The Labute approximate surface area is 170 Å². The van der Waals surface area contributed by atoms with E-state index in [0.29, 0.717) is 29.8 Å². The summed E-state index contributed by atoms with van der Waals surface area (Å²) in [7, 11) is 3.23. The lowest BCUT2D eigenvalue weighted by Gasteiger charge is -2.33. The van der Waals surface area contributed by atoms with Gasteiger partial charge in [0.05, 0.1) is 20.8 Å². The molecular formula is C22H26N4O3. The van der Waals surface area contributed by atoms with Gasteiger partial charge in [-0.1, -0.05) is 35.5 Å². The van der Waals surface area contributed by atoms with Gasteiger partial charge >= 0.3 is 0 Å². The minimum atomic E-state index is 0.559. The van der Waals surface area contributed by atoms with Gasteiger partial charge in [0.15, 0.2) is 11.5 Å². The van der Waals surface area contributed by atoms with Gasteiger partial charge in [0.2, 0.25) is 11.7 Å². The fourth-order valence-electron chi connectivity index (χ4n) is 3.55. The number of methoxy groups -OCH3 is 2. The van der Waals surface area contributed by atoms with Gasteiger partial charge in [0.25, 0.3) is 0 Å². The Kier molecular flexibility index (Phi) is 6.07. The van der Waals surface area contributed by atoms with Gasteiger partial charge in [0, 0.05) is 38.3 Å². The lowest BCUT2D eigenvalue weighted by atomic mass is 10.2. The molecule has 0 atom stereocenters. The lowest BCUT2D eigenvalue weighted by molar-refractivity contribution is 0.112. The van der Waals surface area contributed by atoms with Crippen LogP contribution in [0.2, 0.25) is 0 Å². The lowest BCUT2D eigenvalue weighted by Crippen LogP contribution is -2.45. The summed E-state index contributed by atoms with van der Waals surface area (Å²) < 4.78 is 16.1. The molecule has 7 heteroatoms. The summed E-state index contributed by atoms with van der Waals surface area (Å²) in [6.45, 7) is 5.71. The first-order valence-electron chi connectivity index (χ1n) is 9.79. The number of hydrogen-bond acceptors (Lipinski definition) is 7. The highest BCUT2D eigenvalue weighted by Gasteiger charge is 2.20. The first-order valence-corrected chi connectivity index (χ1v) is 9.79. The maximum atomic E-state index is 5.49. The Morgan fingerprint density at radius 1 is 0.862 bits per heavy atom. The number of rotatable bonds is 7. The molecule has 0 N–H and O–H groups in total. The molecule has 4 rings (SSSR count). The summed E-state index contributed by atoms with van der Waals surface area (Å²) in [5.74, 6) is 2.51. The monoisotopic (exact) mass is 394 g/mol. The summed E-state index contributed by atoms with van der Waals surface area (Å²) >= 11 is 0. The largest absolute Gasteiger partial charge is 0.493 e. The molecule has 2 aromatic carbocycles. The van der Waals surface area contributed by atoms with E-state index in [1.165, 1.54) is 5.56 Å². The molecule has 1 aromatic heterocycles. The molecular weight excluding hydrogens is 368 g/mol. The molecule has 3 aromatic rings. The zero-order valence-electron chi connectivity index (χ0n) is 16.9. The summed E-state index contributed by atoms with van der Waals surface area (Å²) in [5, 5.41) is 4.13. The summed E-state index contributed by atoms with van der Waals surface area (Å²) in [5.41, 5.74) is 2.20. The number of benzene rings is 2. The van der Waals surface area contributed by atoms with Gasteiger partial charge in [-0.25, -0.2) is 0 Å². The topological polar surface area (TPSA) is 63.9 Å². The van der Waals surface area contributed by atoms with Crippen LogP contribution in [0.1, 0.15) is 11.5 Å². The molecule has 152 valence electrons. The van der Waals surface area contributed by atoms with Crippen molar-refractivity contribution >= 4 is 0 Å². The highest BCUT2D eigenvalue weighted by molar-refractivity contribution is 5.60. The third kappa shape index (κ3) is 4.75. The van der Waals surface area contributed by atoms with Crippen molar-refractivity contribution in [2.45, 2.75) is 13.1 Å². The van der Waals surface area contributed by atoms with Crippen molar-refractivity contribution < 1.29 is 14.0 Å². The van der Waals surface area contributed by atoms with E-state index in [-0.39, 0.29) is 0 Å². The van der Waals surface area contributed by atoms with Gasteiger partial charge in [-0.05, 0) is 23.8 Å². The molecule has 0 bridgehead atoms. The number of piperazine rings is 1. The van der Waals surface area contributed by atoms with Crippen LogP contribution in [-0.4, -0.2) is 60.3 Å². The van der Waals surface area contributed by atoms with Crippen LogP contribution >= 0.6 is 0 Å². The van der Waals surface area contributed by atoms with Crippen molar-refractivity contribution in [3.8, 4) is 22.9 Å². The standard InChI is InChI=1S/C22H26N4O3/c1-27-19-9-8-18(14-20(19)28-2)22-23-21(29-24-22)16-26-12-10-25(11-13-26)15-17-6-4-3-5-7-17/h3-9,14H,10-13,15-16H2,1-2H3. The van der Waals surface area contributed by atoms with Crippen LogP contribution in [0.4, 0.5) is 0 Å². The molecule has 29 heavy (non-hydrogen) atoms. The first-order chi connectivity index (χ1) is 14.2. The number of aromatic nitrogens is 2. The predicted molar refractivity (Wildman–Crippen MR) is 110 cm³/mol. The van der Waals surface area contributed by atoms with Gasteiger partial charge in [-0.3, -0.25) is 9.80 Å². The van der Waals surface area contributed by atoms with Gasteiger partial charge in [-0.2, -0.15) is 4.98 Å². The van der Waals surface area contributed by atoms with Crippen LogP contribution in [0.5, 0.6) is 11.5 Å². The second-order valence-electron chi connectivity index (χ2n) is 7.12. The van der Waals surface area contributed by atoms with Crippen molar-refractivity contribution in [2.75, 3.05) is 40.4 Å². The molecule has 0 unspecified atom stereocenters. The summed E-state index contributed by atoms with van der Waals surface area (Å²) in [6, 6.07) is 16.2. The Morgan fingerprint density at radius 2 is 1.55 bits per heavy atom. The fraction of sp³-hybridized carbons (Fsp3) is 0.364. The second-order valence-corrected chi connectivity index (χ2v) is 7.12. The molecule has 1 aliphatic heterocycles. The quantitative estimate of drug-likeness (QED) is 0.610. The summed E-state index contributed by atoms with van der Waals surface area (Å²) in [4.78, 5) is 9.40. The average molecular weight is 394 g/mol. The van der Waals surface area contributed by atoms with Crippen LogP contribution < -0.4 is 9.47 Å². The van der Waals surface area contributed by atoms with Crippen molar-refractivity contribution in [2.24, 2.45) is 0 Å². The zero-order chi connectivity index (χ0) is 20.1. The van der Waals surface area contributed by atoms with E-state index >= 15 is 0 Å². The fourth-order valence-corrected chi connectivity index (χ4v) is 3.55. The van der Waals surface area contributed by atoms with Gasteiger partial charge in [-0.15, -0.1) is 0 Å². The van der Waals surface area contributed by atoms with Gasteiger partial charge < -0.3 is 14.0 Å². The molecule has 1 fully saturated rings. The minimum absolute atomic E-state index is 0.559. The van der Waals surface area contributed by atoms with E-state index in [4.69, 9.17) is 14.0 Å². The van der Waals surface area contributed by atoms with Crippen molar-refractivity contribution in [1.29, 1.82) is 0 Å². The number of ether oxygens (including phenoxy) is 2. The molecule has 7 nitrogen and oxygen atoms in total. The third-order valence-electron chi connectivity index (χ3n) is 5.18. The number of hydrogen-bond donors (Lipinski definition) is 0. The smallest absolute Gasteiger partial charge is 0.241 e. The highest BCUT2D eigenvalue weighted by Crippen LogP contribution is 2.31. The molecule has 0 spiro atoms. The van der Waals surface area contributed by atoms with E-state index < -0.39 is 0 Å². The molecule has 1 aliphatic rings. The van der Waals surface area contributed by atoms with E-state index in [0.717, 1.165) is 38.3 Å². The SMILES string of the molecule is COc1ccc(-c2noc(CN3CCN(Cc4ccccc4)CC3)n2)cc1OC. The maximum absolute atomic E-state index is 5.49. The van der Waals surface area contributed by atoms with Crippen LogP contribution in [0, 0.1) is 0 Å². The Hall–Kier alpha value is -2.90. The van der Waals surface area contributed by atoms with E-state index in [1.807, 2.05) is 18.2 Å². The van der Waals surface area contributed by atoms with E-state index in [2.05, 4.69) is 50.3 Å². The molecule has 0 aliphatic carbocycles. The third-order valence-corrected chi connectivity index (χ3v) is 5.18. The van der Waals surface area contributed by atoms with Crippen LogP contribution in [0.25, 0.3) is 11.4 Å². The van der Waals surface area contributed by atoms with Crippen molar-refractivity contribution in [3.63, 3.8) is 0 Å². The average Bonchev–Trinajstić information content (AvgIpc) is 3.24. The Morgan fingerprint density at radius 3 is 2.24 bits per heavy atom. The highest BCUT2D eigenvalue weighted by atomic mass is 16.5. The Balaban J connectivity index is 1.33. The summed E-state index contributed by atoms with van der Waals surface area (Å²) in [6.07, 6.45) is 0. The number of nitrogens with zero attached hydrogens (tertiary/aromatic N) is 4. The molecule has 0 saturated carbocycles. The minimum Gasteiger partial charge on any atom is -0.493 e. The maximum Gasteiger partial charge on any atom is 0.241 e. The normalized spacial score (nSPS) is 15.4. The Bertz CT molecular complexity index is 921. The van der Waals surface area contributed by atoms with E-state index in [1.54, 1.807) is 14.2 Å². The van der Waals surface area contributed by atoms with Crippen molar-refractivity contribution in [3.05, 3.63) is 60.0 Å². The molecule has 2 heterocycles. The van der Waals surface area contributed by atoms with Crippen LogP contribution in [0.3, 0.4) is 0 Å². The predicted octanol–water partition coefficient (Wildman–Crippen LogP) is 3.07. The molecule has 0 amide bonds. The van der Waals surface area contributed by atoms with Crippen LogP contribution in [-0.2, 0) is 13.1 Å². The first kappa shape index (κ1) is 19.4.